The van der Waals surface area contributed by atoms with Crippen molar-refractivity contribution in [3.8, 4) is 11.5 Å². The van der Waals surface area contributed by atoms with E-state index < -0.39 is 0 Å². The summed E-state index contributed by atoms with van der Waals surface area (Å²) in [5, 5.41) is 6.00. The molecule has 3 rings (SSSR count). The second-order valence-corrected chi connectivity index (χ2v) is 5.80. The average molecular weight is 342 g/mol. The SMILES string of the molecule is CCCCCNc1ncc(C(=O)NCc2ccc3c(c2)OCO3)cn1. The van der Waals surface area contributed by atoms with Crippen LogP contribution < -0.4 is 20.1 Å². The Kier molecular flexibility index (Phi) is 5.66. The van der Waals surface area contributed by atoms with Crippen LogP contribution in [0.1, 0.15) is 42.1 Å². The molecule has 0 fully saturated rings. The van der Waals surface area contributed by atoms with Crippen LogP contribution in [0.25, 0.3) is 0 Å². The van der Waals surface area contributed by atoms with E-state index in [9.17, 15) is 4.79 Å². The fraction of sp³-hybridized carbons (Fsp3) is 0.389. The van der Waals surface area contributed by atoms with E-state index in [0.29, 0.717) is 23.8 Å². The van der Waals surface area contributed by atoms with Crippen molar-refractivity contribution in [1.82, 2.24) is 15.3 Å². The van der Waals surface area contributed by atoms with Gasteiger partial charge in [-0.2, -0.15) is 0 Å². The molecule has 7 nitrogen and oxygen atoms in total. The van der Waals surface area contributed by atoms with Crippen LogP contribution >= 0.6 is 0 Å². The van der Waals surface area contributed by atoms with Gasteiger partial charge in [0.25, 0.3) is 5.91 Å². The number of carbonyl (C=O) groups excluding carboxylic acids is 1. The highest BCUT2D eigenvalue weighted by molar-refractivity contribution is 5.93. The molecule has 0 bridgehead atoms. The molecule has 2 heterocycles. The highest BCUT2D eigenvalue weighted by atomic mass is 16.7. The largest absolute Gasteiger partial charge is 0.454 e. The Morgan fingerprint density at radius 2 is 1.96 bits per heavy atom. The average Bonchev–Trinajstić information content (AvgIpc) is 3.11. The van der Waals surface area contributed by atoms with Gasteiger partial charge in [-0.05, 0) is 24.1 Å². The smallest absolute Gasteiger partial charge is 0.254 e. The summed E-state index contributed by atoms with van der Waals surface area (Å²) < 4.78 is 10.6. The molecule has 0 unspecified atom stereocenters. The number of unbranched alkanes of at least 4 members (excludes halogenated alkanes) is 2. The number of carbonyl (C=O) groups is 1. The second kappa shape index (κ2) is 8.32. The standard InChI is InChI=1S/C18H22N4O3/c1-2-3-4-7-19-18-21-10-14(11-22-18)17(23)20-9-13-5-6-15-16(8-13)25-12-24-15/h5-6,8,10-11H,2-4,7,9,12H2,1H3,(H,20,23)(H,19,21,22). The molecule has 0 saturated heterocycles. The Morgan fingerprint density at radius 3 is 2.76 bits per heavy atom. The molecule has 0 radical (unpaired) electrons. The number of fused-ring (bicyclic) bond motifs is 1. The number of hydrogen-bond acceptors (Lipinski definition) is 6. The molecule has 0 spiro atoms. The van der Waals surface area contributed by atoms with Crippen molar-refractivity contribution in [1.29, 1.82) is 0 Å². The number of rotatable bonds is 8. The maximum atomic E-state index is 12.2. The lowest BCUT2D eigenvalue weighted by Gasteiger charge is -2.07. The Labute approximate surface area is 146 Å². The molecule has 2 N–H and O–H groups in total. The molecule has 0 saturated carbocycles. The van der Waals surface area contributed by atoms with Gasteiger partial charge in [0.2, 0.25) is 12.7 Å². The van der Waals surface area contributed by atoms with Crippen molar-refractivity contribution in [3.63, 3.8) is 0 Å². The Hall–Kier alpha value is -2.83. The summed E-state index contributed by atoms with van der Waals surface area (Å²) in [7, 11) is 0. The number of anilines is 1. The zero-order valence-electron chi connectivity index (χ0n) is 14.2. The van der Waals surface area contributed by atoms with Crippen LogP contribution in [0.2, 0.25) is 0 Å². The predicted octanol–water partition coefficient (Wildman–Crippen LogP) is 2.74. The highest BCUT2D eigenvalue weighted by Crippen LogP contribution is 2.32. The van der Waals surface area contributed by atoms with Crippen LogP contribution in [-0.2, 0) is 6.54 Å². The molecular formula is C18H22N4O3. The van der Waals surface area contributed by atoms with Gasteiger partial charge in [0.05, 0.1) is 5.56 Å². The van der Waals surface area contributed by atoms with Gasteiger partial charge in [-0.1, -0.05) is 25.8 Å². The second-order valence-electron chi connectivity index (χ2n) is 5.80. The summed E-state index contributed by atoms with van der Waals surface area (Å²) in [5.74, 6) is 1.76. The molecule has 25 heavy (non-hydrogen) atoms. The van der Waals surface area contributed by atoms with Crippen molar-refractivity contribution in [3.05, 3.63) is 41.7 Å². The zero-order chi connectivity index (χ0) is 17.5. The van der Waals surface area contributed by atoms with Crippen molar-refractivity contribution >= 4 is 11.9 Å². The van der Waals surface area contributed by atoms with Gasteiger partial charge < -0.3 is 20.1 Å². The third kappa shape index (κ3) is 4.59. The molecule has 132 valence electrons. The summed E-state index contributed by atoms with van der Waals surface area (Å²) in [4.78, 5) is 20.6. The van der Waals surface area contributed by atoms with E-state index in [0.717, 1.165) is 24.3 Å². The fourth-order valence-electron chi connectivity index (χ4n) is 2.45. The highest BCUT2D eigenvalue weighted by Gasteiger charge is 2.14. The lowest BCUT2D eigenvalue weighted by molar-refractivity contribution is 0.0950. The topological polar surface area (TPSA) is 85.4 Å². The van der Waals surface area contributed by atoms with Gasteiger partial charge in [0.1, 0.15) is 0 Å². The van der Waals surface area contributed by atoms with Crippen LogP contribution in [0.3, 0.4) is 0 Å². The third-order valence-electron chi connectivity index (χ3n) is 3.87. The molecule has 0 aliphatic carbocycles. The lowest BCUT2D eigenvalue weighted by Crippen LogP contribution is -2.23. The molecule has 7 heteroatoms. The first kappa shape index (κ1) is 17.0. The number of nitrogens with one attached hydrogen (secondary N) is 2. The normalized spacial score (nSPS) is 12.0. The van der Waals surface area contributed by atoms with Crippen LogP contribution in [0.5, 0.6) is 11.5 Å². The quantitative estimate of drug-likeness (QED) is 0.718. The predicted molar refractivity (Wildman–Crippen MR) is 93.8 cm³/mol. The summed E-state index contributed by atoms with van der Waals surface area (Å²) in [6.45, 7) is 3.63. The van der Waals surface area contributed by atoms with E-state index >= 15 is 0 Å². The number of aromatic nitrogens is 2. The van der Waals surface area contributed by atoms with E-state index in [1.807, 2.05) is 18.2 Å². The molecule has 1 aliphatic heterocycles. The first-order valence-electron chi connectivity index (χ1n) is 8.49. The summed E-state index contributed by atoms with van der Waals surface area (Å²) >= 11 is 0. The lowest BCUT2D eigenvalue weighted by atomic mass is 10.2. The number of benzene rings is 1. The minimum atomic E-state index is -0.213. The van der Waals surface area contributed by atoms with Crippen LogP contribution in [0.15, 0.2) is 30.6 Å². The number of ether oxygens (including phenoxy) is 2. The van der Waals surface area contributed by atoms with Gasteiger partial charge in [0, 0.05) is 25.5 Å². The Bertz CT molecular complexity index is 719. The van der Waals surface area contributed by atoms with Gasteiger partial charge in [0.15, 0.2) is 11.5 Å². The minimum absolute atomic E-state index is 0.213. The van der Waals surface area contributed by atoms with Gasteiger partial charge in [-0.3, -0.25) is 4.79 Å². The van der Waals surface area contributed by atoms with E-state index in [-0.39, 0.29) is 12.7 Å². The summed E-state index contributed by atoms with van der Waals surface area (Å²) in [6.07, 6.45) is 6.49. The van der Waals surface area contributed by atoms with Crippen molar-refractivity contribution in [2.45, 2.75) is 32.7 Å². The molecule has 0 atom stereocenters. The maximum absolute atomic E-state index is 12.2. The minimum Gasteiger partial charge on any atom is -0.454 e. The maximum Gasteiger partial charge on any atom is 0.254 e. The first-order chi connectivity index (χ1) is 12.3. The molecule has 1 amide bonds. The van der Waals surface area contributed by atoms with Gasteiger partial charge in [-0.15, -0.1) is 0 Å². The van der Waals surface area contributed by atoms with Gasteiger partial charge >= 0.3 is 0 Å². The van der Waals surface area contributed by atoms with Crippen LogP contribution in [-0.4, -0.2) is 29.2 Å². The van der Waals surface area contributed by atoms with Crippen molar-refractivity contribution in [2.75, 3.05) is 18.7 Å². The molecule has 1 aromatic carbocycles. The van der Waals surface area contributed by atoms with E-state index in [4.69, 9.17) is 9.47 Å². The first-order valence-corrected chi connectivity index (χ1v) is 8.49. The monoisotopic (exact) mass is 342 g/mol. The number of nitrogens with zero attached hydrogens (tertiary/aromatic N) is 2. The molecular weight excluding hydrogens is 320 g/mol. The molecule has 1 aliphatic rings. The fourth-order valence-corrected chi connectivity index (χ4v) is 2.45. The van der Waals surface area contributed by atoms with Crippen LogP contribution in [0, 0.1) is 0 Å². The zero-order valence-corrected chi connectivity index (χ0v) is 14.2. The summed E-state index contributed by atoms with van der Waals surface area (Å²) in [6, 6.07) is 5.60. The Morgan fingerprint density at radius 1 is 1.16 bits per heavy atom. The summed E-state index contributed by atoms with van der Waals surface area (Å²) in [5.41, 5.74) is 1.37. The van der Waals surface area contributed by atoms with E-state index in [1.54, 1.807) is 0 Å². The van der Waals surface area contributed by atoms with Crippen molar-refractivity contribution < 1.29 is 14.3 Å². The van der Waals surface area contributed by atoms with Crippen molar-refractivity contribution in [2.24, 2.45) is 0 Å². The Balaban J connectivity index is 1.49. The van der Waals surface area contributed by atoms with Crippen LogP contribution in [0.4, 0.5) is 5.95 Å². The molecule has 2 aromatic rings. The van der Waals surface area contributed by atoms with E-state index in [1.165, 1.54) is 25.2 Å². The number of amides is 1. The third-order valence-corrected chi connectivity index (χ3v) is 3.87. The van der Waals surface area contributed by atoms with E-state index in [2.05, 4.69) is 27.5 Å². The number of hydrogen-bond donors (Lipinski definition) is 2. The molecule has 1 aromatic heterocycles. The van der Waals surface area contributed by atoms with Gasteiger partial charge in [-0.25, -0.2) is 9.97 Å².